The lowest BCUT2D eigenvalue weighted by Crippen LogP contribution is -2.33. The Hall–Kier alpha value is -1.68. The van der Waals surface area contributed by atoms with Crippen LogP contribution in [0.5, 0.6) is 0 Å². The zero-order valence-electron chi connectivity index (χ0n) is 12.8. The zero-order chi connectivity index (χ0) is 14.7. The molecule has 1 saturated heterocycles. The standard InChI is InChI=1S/C17H23N3O/c1-13(2)16-11-14(21-19-16)12-20-10-6-4-8-17(20)15-7-3-5-9-18-15/h3,5,7,9,11,13,17H,4,6,8,10,12H2,1-2H3/t17-/m0/s1. The first-order valence-corrected chi connectivity index (χ1v) is 7.84. The second-order valence-corrected chi connectivity index (χ2v) is 6.11. The lowest BCUT2D eigenvalue weighted by Gasteiger charge is -2.34. The third-order valence-corrected chi connectivity index (χ3v) is 4.17. The zero-order valence-corrected chi connectivity index (χ0v) is 12.8. The second kappa shape index (κ2) is 6.39. The van der Waals surface area contributed by atoms with Crippen molar-refractivity contribution >= 4 is 0 Å². The van der Waals surface area contributed by atoms with E-state index in [1.807, 2.05) is 12.3 Å². The molecular formula is C17H23N3O. The molecule has 21 heavy (non-hydrogen) atoms. The summed E-state index contributed by atoms with van der Waals surface area (Å²) in [6.07, 6.45) is 5.57. The third-order valence-electron chi connectivity index (χ3n) is 4.17. The Balaban J connectivity index is 1.75. The van der Waals surface area contributed by atoms with E-state index in [1.165, 1.54) is 25.0 Å². The molecule has 4 heteroatoms. The molecule has 4 nitrogen and oxygen atoms in total. The van der Waals surface area contributed by atoms with Crippen molar-refractivity contribution < 1.29 is 4.52 Å². The van der Waals surface area contributed by atoms with Gasteiger partial charge < -0.3 is 4.52 Å². The number of nitrogens with zero attached hydrogens (tertiary/aromatic N) is 3. The first kappa shape index (κ1) is 14.3. The highest BCUT2D eigenvalue weighted by Crippen LogP contribution is 2.31. The molecule has 0 aromatic carbocycles. The Kier molecular flexibility index (Phi) is 4.34. The van der Waals surface area contributed by atoms with Crippen molar-refractivity contribution in [2.24, 2.45) is 0 Å². The highest BCUT2D eigenvalue weighted by molar-refractivity contribution is 5.12. The van der Waals surface area contributed by atoms with Gasteiger partial charge in [-0.05, 0) is 37.4 Å². The highest BCUT2D eigenvalue weighted by atomic mass is 16.5. The van der Waals surface area contributed by atoms with E-state index in [1.54, 1.807) is 0 Å². The molecule has 0 radical (unpaired) electrons. The number of likely N-dealkylation sites (tertiary alicyclic amines) is 1. The minimum Gasteiger partial charge on any atom is -0.360 e. The fourth-order valence-electron chi connectivity index (χ4n) is 2.96. The van der Waals surface area contributed by atoms with Gasteiger partial charge in [-0.1, -0.05) is 31.5 Å². The molecule has 2 aromatic rings. The van der Waals surface area contributed by atoms with E-state index in [2.05, 4.69) is 47.1 Å². The molecule has 1 aliphatic heterocycles. The predicted molar refractivity (Wildman–Crippen MR) is 81.8 cm³/mol. The van der Waals surface area contributed by atoms with Gasteiger partial charge in [0, 0.05) is 12.3 Å². The molecule has 3 heterocycles. The Bertz CT molecular complexity index is 564. The number of pyridine rings is 1. The summed E-state index contributed by atoms with van der Waals surface area (Å²) in [6, 6.07) is 8.66. The molecule has 1 aliphatic rings. The molecule has 0 saturated carbocycles. The van der Waals surface area contributed by atoms with Crippen LogP contribution in [0.1, 0.15) is 62.2 Å². The van der Waals surface area contributed by atoms with Gasteiger partial charge in [-0.25, -0.2) is 0 Å². The van der Waals surface area contributed by atoms with E-state index in [0.717, 1.165) is 24.5 Å². The minimum absolute atomic E-state index is 0.396. The van der Waals surface area contributed by atoms with Gasteiger partial charge in [0.15, 0.2) is 5.76 Å². The first-order valence-electron chi connectivity index (χ1n) is 7.84. The molecule has 0 amide bonds. The number of hydrogen-bond acceptors (Lipinski definition) is 4. The van der Waals surface area contributed by atoms with E-state index in [4.69, 9.17) is 4.52 Å². The van der Waals surface area contributed by atoms with Gasteiger partial charge in [0.05, 0.1) is 24.0 Å². The van der Waals surface area contributed by atoms with Crippen LogP contribution in [0, 0.1) is 0 Å². The van der Waals surface area contributed by atoms with Gasteiger partial charge in [-0.2, -0.15) is 0 Å². The first-order chi connectivity index (χ1) is 10.2. The summed E-state index contributed by atoms with van der Waals surface area (Å²) < 4.78 is 5.50. The maximum Gasteiger partial charge on any atom is 0.151 e. The molecule has 1 atom stereocenters. The number of aromatic nitrogens is 2. The molecule has 112 valence electrons. The van der Waals surface area contributed by atoms with Gasteiger partial charge in [0.1, 0.15) is 0 Å². The van der Waals surface area contributed by atoms with Gasteiger partial charge in [0.25, 0.3) is 0 Å². The molecule has 0 aliphatic carbocycles. The maximum atomic E-state index is 5.50. The summed E-state index contributed by atoms with van der Waals surface area (Å²) in [4.78, 5) is 7.01. The number of hydrogen-bond donors (Lipinski definition) is 0. The third kappa shape index (κ3) is 3.32. The van der Waals surface area contributed by atoms with Crippen molar-refractivity contribution in [3.05, 3.63) is 47.6 Å². The van der Waals surface area contributed by atoms with Crippen LogP contribution in [0.4, 0.5) is 0 Å². The number of rotatable bonds is 4. The van der Waals surface area contributed by atoms with Crippen LogP contribution in [0.25, 0.3) is 0 Å². The van der Waals surface area contributed by atoms with Crippen LogP contribution in [0.2, 0.25) is 0 Å². The van der Waals surface area contributed by atoms with E-state index >= 15 is 0 Å². The Labute approximate surface area is 126 Å². The SMILES string of the molecule is CC(C)c1cc(CN2CCCC[C@H]2c2ccccn2)on1. The molecule has 0 bridgehead atoms. The summed E-state index contributed by atoms with van der Waals surface area (Å²) in [5.74, 6) is 1.37. The van der Waals surface area contributed by atoms with Crippen molar-refractivity contribution in [2.75, 3.05) is 6.54 Å². The molecule has 2 aromatic heterocycles. The second-order valence-electron chi connectivity index (χ2n) is 6.11. The van der Waals surface area contributed by atoms with Crippen molar-refractivity contribution in [1.29, 1.82) is 0 Å². The lowest BCUT2D eigenvalue weighted by atomic mass is 9.98. The molecule has 3 rings (SSSR count). The molecule has 0 spiro atoms. The Morgan fingerprint density at radius 3 is 2.95 bits per heavy atom. The van der Waals surface area contributed by atoms with Gasteiger partial charge >= 0.3 is 0 Å². The summed E-state index contributed by atoms with van der Waals surface area (Å²) in [5.41, 5.74) is 2.21. The average molecular weight is 285 g/mol. The van der Waals surface area contributed by atoms with E-state index in [0.29, 0.717) is 12.0 Å². The lowest BCUT2D eigenvalue weighted by molar-refractivity contribution is 0.123. The highest BCUT2D eigenvalue weighted by Gasteiger charge is 2.26. The van der Waals surface area contributed by atoms with Crippen molar-refractivity contribution in [3.8, 4) is 0 Å². The predicted octanol–water partition coefficient (Wildman–Crippen LogP) is 3.92. The van der Waals surface area contributed by atoms with Crippen molar-refractivity contribution in [1.82, 2.24) is 15.0 Å². The van der Waals surface area contributed by atoms with Crippen LogP contribution in [0.3, 0.4) is 0 Å². The van der Waals surface area contributed by atoms with E-state index < -0.39 is 0 Å². The summed E-state index contributed by atoms with van der Waals surface area (Å²) in [5, 5.41) is 4.16. The summed E-state index contributed by atoms with van der Waals surface area (Å²) in [7, 11) is 0. The van der Waals surface area contributed by atoms with Crippen molar-refractivity contribution in [2.45, 2.75) is 51.6 Å². The van der Waals surface area contributed by atoms with Crippen LogP contribution >= 0.6 is 0 Å². The van der Waals surface area contributed by atoms with Crippen LogP contribution in [-0.2, 0) is 6.54 Å². The monoisotopic (exact) mass is 285 g/mol. The van der Waals surface area contributed by atoms with E-state index in [-0.39, 0.29) is 0 Å². The summed E-state index contributed by atoms with van der Waals surface area (Å²) >= 11 is 0. The van der Waals surface area contributed by atoms with Crippen LogP contribution in [0.15, 0.2) is 35.0 Å². The van der Waals surface area contributed by atoms with Gasteiger partial charge in [-0.3, -0.25) is 9.88 Å². The smallest absolute Gasteiger partial charge is 0.151 e. The van der Waals surface area contributed by atoms with Crippen LogP contribution < -0.4 is 0 Å². The van der Waals surface area contributed by atoms with Crippen molar-refractivity contribution in [3.63, 3.8) is 0 Å². The summed E-state index contributed by atoms with van der Waals surface area (Å²) in [6.45, 7) is 6.19. The molecular weight excluding hydrogens is 262 g/mol. The minimum atomic E-state index is 0.396. The van der Waals surface area contributed by atoms with Gasteiger partial charge in [0.2, 0.25) is 0 Å². The molecule has 0 unspecified atom stereocenters. The Morgan fingerprint density at radius 1 is 1.33 bits per heavy atom. The fraction of sp³-hybridized carbons (Fsp3) is 0.529. The largest absolute Gasteiger partial charge is 0.360 e. The fourth-order valence-corrected chi connectivity index (χ4v) is 2.96. The maximum absolute atomic E-state index is 5.50. The quantitative estimate of drug-likeness (QED) is 0.854. The van der Waals surface area contributed by atoms with Gasteiger partial charge in [-0.15, -0.1) is 0 Å². The number of piperidine rings is 1. The Morgan fingerprint density at radius 2 is 2.24 bits per heavy atom. The van der Waals surface area contributed by atoms with E-state index in [9.17, 15) is 0 Å². The normalized spacial score (nSPS) is 20.0. The molecule has 1 fully saturated rings. The topological polar surface area (TPSA) is 42.2 Å². The average Bonchev–Trinajstić information content (AvgIpc) is 2.98. The molecule has 0 N–H and O–H groups in total. The van der Waals surface area contributed by atoms with Crippen LogP contribution in [-0.4, -0.2) is 21.6 Å².